The molecule has 25 heavy (non-hydrogen) atoms. The summed E-state index contributed by atoms with van der Waals surface area (Å²) >= 11 is 5.38. The van der Waals surface area contributed by atoms with Gasteiger partial charge in [0.25, 0.3) is 0 Å². The average Bonchev–Trinajstić information content (AvgIpc) is 3.05. The summed E-state index contributed by atoms with van der Waals surface area (Å²) in [5.74, 6) is 2.91. The van der Waals surface area contributed by atoms with Crippen LogP contribution in [0.5, 0.6) is 0 Å². The molecule has 0 aliphatic carbocycles. The molecule has 0 radical (unpaired) electrons. The van der Waals surface area contributed by atoms with Gasteiger partial charge in [-0.05, 0) is 50.2 Å². The third kappa shape index (κ3) is 5.25. The number of ether oxygens (including phenoxy) is 1. The molecule has 2 fully saturated rings. The molecule has 1 aromatic heterocycles. The molecule has 0 aromatic carbocycles. The van der Waals surface area contributed by atoms with E-state index in [1.165, 1.54) is 6.42 Å². The number of nitrogens with one attached hydrogen (secondary N) is 2. The lowest BCUT2D eigenvalue weighted by Crippen LogP contribution is -2.39. The Kier molecular flexibility index (Phi) is 6.06. The van der Waals surface area contributed by atoms with Gasteiger partial charge < -0.3 is 20.3 Å². The van der Waals surface area contributed by atoms with Gasteiger partial charge in [0.2, 0.25) is 5.95 Å². The number of aromatic nitrogens is 2. The van der Waals surface area contributed by atoms with Gasteiger partial charge in [-0.25, -0.2) is 4.98 Å². The zero-order chi connectivity index (χ0) is 17.8. The van der Waals surface area contributed by atoms with Gasteiger partial charge in [0.15, 0.2) is 5.11 Å². The van der Waals surface area contributed by atoms with Crippen LogP contribution in [-0.4, -0.2) is 47.4 Å². The zero-order valence-electron chi connectivity index (χ0n) is 15.4. The largest absolute Gasteiger partial charge is 0.376 e. The van der Waals surface area contributed by atoms with E-state index in [0.29, 0.717) is 22.9 Å². The Bertz CT molecular complexity index is 595. The van der Waals surface area contributed by atoms with Gasteiger partial charge in [-0.1, -0.05) is 13.8 Å². The normalized spacial score (nSPS) is 26.5. The number of anilines is 2. The summed E-state index contributed by atoms with van der Waals surface area (Å²) in [6.07, 6.45) is 3.75. The van der Waals surface area contributed by atoms with Crippen molar-refractivity contribution in [2.24, 2.45) is 11.8 Å². The molecule has 0 spiro atoms. The van der Waals surface area contributed by atoms with Crippen LogP contribution in [0.2, 0.25) is 0 Å². The zero-order valence-corrected chi connectivity index (χ0v) is 16.2. The van der Waals surface area contributed by atoms with E-state index in [2.05, 4.69) is 40.4 Å². The summed E-state index contributed by atoms with van der Waals surface area (Å²) in [5, 5.41) is 6.88. The van der Waals surface area contributed by atoms with Crippen LogP contribution in [-0.2, 0) is 4.74 Å². The van der Waals surface area contributed by atoms with E-state index in [4.69, 9.17) is 21.9 Å². The van der Waals surface area contributed by atoms with Crippen molar-refractivity contribution in [3.8, 4) is 0 Å². The van der Waals surface area contributed by atoms with Crippen LogP contribution in [0.4, 0.5) is 11.8 Å². The van der Waals surface area contributed by atoms with Gasteiger partial charge in [0, 0.05) is 38.0 Å². The van der Waals surface area contributed by atoms with Crippen molar-refractivity contribution < 1.29 is 4.74 Å². The minimum atomic E-state index is 0.255. The lowest BCUT2D eigenvalue weighted by Gasteiger charge is -2.36. The second-order valence-corrected chi connectivity index (χ2v) is 7.92. The van der Waals surface area contributed by atoms with Crippen LogP contribution in [0.15, 0.2) is 6.07 Å². The maximum Gasteiger partial charge on any atom is 0.231 e. The van der Waals surface area contributed by atoms with Gasteiger partial charge in [0.1, 0.15) is 5.82 Å². The number of hydrogen-bond acceptors (Lipinski definition) is 5. The van der Waals surface area contributed by atoms with Crippen molar-refractivity contribution in [3.05, 3.63) is 11.8 Å². The molecule has 2 saturated heterocycles. The maximum atomic E-state index is 5.60. The quantitative estimate of drug-likeness (QED) is 0.798. The second kappa shape index (κ2) is 8.27. The van der Waals surface area contributed by atoms with Crippen molar-refractivity contribution in [3.63, 3.8) is 0 Å². The van der Waals surface area contributed by atoms with E-state index in [1.54, 1.807) is 0 Å². The number of nitrogens with zero attached hydrogens (tertiary/aromatic N) is 3. The smallest absolute Gasteiger partial charge is 0.231 e. The van der Waals surface area contributed by atoms with E-state index in [1.807, 2.05) is 6.92 Å². The summed E-state index contributed by atoms with van der Waals surface area (Å²) in [6, 6.07) is 2.05. The van der Waals surface area contributed by atoms with Gasteiger partial charge in [0.05, 0.1) is 6.10 Å². The van der Waals surface area contributed by atoms with E-state index in [0.717, 1.165) is 50.6 Å². The van der Waals surface area contributed by atoms with Crippen molar-refractivity contribution in [1.82, 2.24) is 15.3 Å². The van der Waals surface area contributed by atoms with Crippen LogP contribution in [0.3, 0.4) is 0 Å². The van der Waals surface area contributed by atoms with Gasteiger partial charge in [-0.2, -0.15) is 4.98 Å². The van der Waals surface area contributed by atoms with Crippen molar-refractivity contribution in [2.45, 2.75) is 46.1 Å². The highest BCUT2D eigenvalue weighted by atomic mass is 32.1. The Morgan fingerprint density at radius 3 is 2.76 bits per heavy atom. The van der Waals surface area contributed by atoms with Crippen LogP contribution in [0.1, 0.15) is 38.8 Å². The number of hydrogen-bond donors (Lipinski definition) is 2. The van der Waals surface area contributed by atoms with Gasteiger partial charge >= 0.3 is 0 Å². The molecule has 3 atom stereocenters. The monoisotopic (exact) mass is 363 g/mol. The molecule has 0 unspecified atom stereocenters. The molecule has 2 aliphatic rings. The predicted octanol–water partition coefficient (Wildman–Crippen LogP) is 2.73. The molecule has 2 aliphatic heterocycles. The highest BCUT2D eigenvalue weighted by molar-refractivity contribution is 7.80. The van der Waals surface area contributed by atoms with Crippen LogP contribution < -0.4 is 15.5 Å². The fraction of sp³-hybridized carbons (Fsp3) is 0.722. The molecule has 0 amide bonds. The lowest BCUT2D eigenvalue weighted by molar-refractivity contribution is 0.114. The molecule has 0 saturated carbocycles. The fourth-order valence-electron chi connectivity index (χ4n) is 3.78. The SMILES string of the molecule is Cc1cc(N2C[C@H](C)C[C@H](C)C2)nc(NC(=S)NC[C@H]2CCCO2)n1. The molecule has 0 bridgehead atoms. The van der Waals surface area contributed by atoms with Crippen molar-refractivity contribution in [2.75, 3.05) is 36.5 Å². The first-order valence-corrected chi connectivity index (χ1v) is 9.67. The summed E-state index contributed by atoms with van der Waals surface area (Å²) in [6.45, 7) is 10.3. The Morgan fingerprint density at radius 2 is 2.08 bits per heavy atom. The predicted molar refractivity (Wildman–Crippen MR) is 105 cm³/mol. The van der Waals surface area contributed by atoms with Gasteiger partial charge in [-0.15, -0.1) is 0 Å². The topological polar surface area (TPSA) is 62.3 Å². The number of aryl methyl sites for hydroxylation is 1. The number of thiocarbonyl (C=S) groups is 1. The summed E-state index contributed by atoms with van der Waals surface area (Å²) in [5.41, 5.74) is 0.945. The van der Waals surface area contributed by atoms with E-state index < -0.39 is 0 Å². The molecule has 3 rings (SSSR count). The lowest BCUT2D eigenvalue weighted by atomic mass is 9.92. The third-order valence-electron chi connectivity index (χ3n) is 4.77. The van der Waals surface area contributed by atoms with E-state index >= 15 is 0 Å². The maximum absolute atomic E-state index is 5.60. The van der Waals surface area contributed by atoms with Crippen LogP contribution >= 0.6 is 12.2 Å². The Labute approximate surface area is 155 Å². The standard InChI is InChI=1S/C18H29N5OS/c1-12-7-13(2)11-23(10-12)16-8-14(3)20-17(21-16)22-18(25)19-9-15-5-4-6-24-15/h8,12-13,15H,4-7,9-11H2,1-3H3,(H2,19,20,21,22,25)/t12-,13+,15-/m1/s1. The Hall–Kier alpha value is -1.47. The second-order valence-electron chi connectivity index (χ2n) is 7.51. The fourth-order valence-corrected chi connectivity index (χ4v) is 3.95. The first-order chi connectivity index (χ1) is 12.0. The molecule has 6 nitrogen and oxygen atoms in total. The Morgan fingerprint density at radius 1 is 1.32 bits per heavy atom. The molecule has 3 heterocycles. The molecular formula is C18H29N5OS. The Balaban J connectivity index is 1.61. The van der Waals surface area contributed by atoms with Crippen LogP contribution in [0, 0.1) is 18.8 Å². The first-order valence-electron chi connectivity index (χ1n) is 9.26. The molecular weight excluding hydrogens is 334 g/mol. The number of rotatable bonds is 4. The minimum Gasteiger partial charge on any atom is -0.376 e. The van der Waals surface area contributed by atoms with E-state index in [9.17, 15) is 0 Å². The van der Waals surface area contributed by atoms with E-state index in [-0.39, 0.29) is 6.10 Å². The molecule has 7 heteroatoms. The molecule has 1 aromatic rings. The number of piperidine rings is 1. The van der Waals surface area contributed by atoms with Crippen molar-refractivity contribution >= 4 is 29.1 Å². The summed E-state index contributed by atoms with van der Waals surface area (Å²) in [7, 11) is 0. The molecule has 138 valence electrons. The van der Waals surface area contributed by atoms with Gasteiger partial charge in [-0.3, -0.25) is 0 Å². The highest BCUT2D eigenvalue weighted by Crippen LogP contribution is 2.26. The summed E-state index contributed by atoms with van der Waals surface area (Å²) < 4.78 is 5.60. The highest BCUT2D eigenvalue weighted by Gasteiger charge is 2.23. The molecule has 2 N–H and O–H groups in total. The third-order valence-corrected chi connectivity index (χ3v) is 5.02. The minimum absolute atomic E-state index is 0.255. The first kappa shape index (κ1) is 18.3. The van der Waals surface area contributed by atoms with Crippen LogP contribution in [0.25, 0.3) is 0 Å². The summed E-state index contributed by atoms with van der Waals surface area (Å²) in [4.78, 5) is 11.5. The average molecular weight is 364 g/mol. The van der Waals surface area contributed by atoms with Crippen molar-refractivity contribution in [1.29, 1.82) is 0 Å².